The third-order valence-corrected chi connectivity index (χ3v) is 4.64. The van der Waals surface area contributed by atoms with Crippen LogP contribution in [0.2, 0.25) is 0 Å². The van der Waals surface area contributed by atoms with Crippen molar-refractivity contribution in [3.05, 3.63) is 23.4 Å². The molecule has 0 aromatic carbocycles. The molecule has 4 heteroatoms. The Balaban J connectivity index is 2.13. The molecule has 1 atom stereocenters. The number of thioether (sulfide) groups is 1. The lowest BCUT2D eigenvalue weighted by Gasteiger charge is -2.33. The molecule has 0 spiro atoms. The third kappa shape index (κ3) is 2.93. The van der Waals surface area contributed by atoms with Gasteiger partial charge in [0, 0.05) is 29.8 Å². The van der Waals surface area contributed by atoms with E-state index in [1.807, 2.05) is 19.1 Å². The summed E-state index contributed by atoms with van der Waals surface area (Å²) >= 11 is 2.06. The van der Waals surface area contributed by atoms with E-state index in [1.54, 1.807) is 0 Å². The first-order valence-corrected chi connectivity index (χ1v) is 7.23. The van der Waals surface area contributed by atoms with Gasteiger partial charge in [0.1, 0.15) is 5.82 Å². The molecule has 1 aromatic heterocycles. The van der Waals surface area contributed by atoms with E-state index in [2.05, 4.69) is 28.6 Å². The molecule has 1 unspecified atom stereocenters. The minimum absolute atomic E-state index is 0.0759. The van der Waals surface area contributed by atoms with Crippen LogP contribution in [0.4, 0.5) is 5.82 Å². The van der Waals surface area contributed by atoms with E-state index in [1.165, 1.54) is 12.2 Å². The molecule has 0 amide bonds. The van der Waals surface area contributed by atoms with Crippen molar-refractivity contribution in [1.82, 2.24) is 4.98 Å². The van der Waals surface area contributed by atoms with Crippen molar-refractivity contribution in [2.75, 3.05) is 23.7 Å². The highest BCUT2D eigenvalue weighted by atomic mass is 32.2. The summed E-state index contributed by atoms with van der Waals surface area (Å²) in [5.41, 5.74) is 1.86. The first kappa shape index (κ1) is 12.7. The average molecular weight is 252 g/mol. The van der Waals surface area contributed by atoms with Gasteiger partial charge in [-0.25, -0.2) is 4.98 Å². The van der Waals surface area contributed by atoms with Gasteiger partial charge in [0.15, 0.2) is 0 Å². The Morgan fingerprint density at radius 3 is 3.00 bits per heavy atom. The van der Waals surface area contributed by atoms with Gasteiger partial charge in [-0.1, -0.05) is 13.0 Å². The zero-order valence-corrected chi connectivity index (χ0v) is 11.3. The fourth-order valence-electron chi connectivity index (χ4n) is 2.09. The molecule has 0 saturated carbocycles. The van der Waals surface area contributed by atoms with Crippen LogP contribution in [0.25, 0.3) is 0 Å². The first-order chi connectivity index (χ1) is 8.24. The van der Waals surface area contributed by atoms with E-state index in [9.17, 15) is 0 Å². The average Bonchev–Trinajstić information content (AvgIpc) is 2.38. The molecule has 2 rings (SSSR count). The van der Waals surface area contributed by atoms with E-state index >= 15 is 0 Å². The number of aryl methyl sites for hydroxylation is 1. The summed E-state index contributed by atoms with van der Waals surface area (Å²) < 4.78 is 0. The molecule has 94 valence electrons. The van der Waals surface area contributed by atoms with Crippen molar-refractivity contribution >= 4 is 17.6 Å². The Bertz CT molecular complexity index is 384. The Kier molecular flexibility index (Phi) is 4.29. The number of hydrogen-bond acceptors (Lipinski definition) is 4. The van der Waals surface area contributed by atoms with Gasteiger partial charge in [-0.15, -0.1) is 0 Å². The standard InChI is InChI=1S/C13H20N2OS/c1-3-12-8-15(6-7-17-12)13-5-4-11(9-16)10(2)14-13/h4-5,12,16H,3,6-9H2,1-2H3. The fraction of sp³-hybridized carbons (Fsp3) is 0.615. The van der Waals surface area contributed by atoms with Crippen LogP contribution < -0.4 is 4.90 Å². The number of rotatable bonds is 3. The van der Waals surface area contributed by atoms with Gasteiger partial charge in [-0.2, -0.15) is 11.8 Å². The van der Waals surface area contributed by atoms with E-state index < -0.39 is 0 Å². The maximum atomic E-state index is 9.14. The summed E-state index contributed by atoms with van der Waals surface area (Å²) in [6.45, 7) is 6.45. The predicted octanol–water partition coefficient (Wildman–Crippen LogP) is 2.21. The van der Waals surface area contributed by atoms with Gasteiger partial charge in [0.25, 0.3) is 0 Å². The summed E-state index contributed by atoms with van der Waals surface area (Å²) in [7, 11) is 0. The van der Waals surface area contributed by atoms with E-state index in [4.69, 9.17) is 5.11 Å². The van der Waals surface area contributed by atoms with Crippen molar-refractivity contribution in [3.8, 4) is 0 Å². The zero-order valence-electron chi connectivity index (χ0n) is 10.5. The summed E-state index contributed by atoms with van der Waals surface area (Å²) in [6.07, 6.45) is 1.22. The van der Waals surface area contributed by atoms with Gasteiger partial charge >= 0.3 is 0 Å². The summed E-state index contributed by atoms with van der Waals surface area (Å²) in [5, 5.41) is 9.87. The highest BCUT2D eigenvalue weighted by molar-refractivity contribution is 8.00. The van der Waals surface area contributed by atoms with Crippen molar-refractivity contribution in [2.45, 2.75) is 32.1 Å². The molecular formula is C13H20N2OS. The van der Waals surface area contributed by atoms with E-state index in [-0.39, 0.29) is 6.61 Å². The van der Waals surface area contributed by atoms with E-state index in [0.29, 0.717) is 0 Å². The molecule has 0 bridgehead atoms. The van der Waals surface area contributed by atoms with Gasteiger partial charge in [0.05, 0.1) is 6.61 Å². The SMILES string of the molecule is CCC1CN(c2ccc(CO)c(C)n2)CCS1. The summed E-state index contributed by atoms with van der Waals surface area (Å²) in [6, 6.07) is 4.02. The fourth-order valence-corrected chi connectivity index (χ4v) is 3.27. The smallest absolute Gasteiger partial charge is 0.128 e. The molecule has 1 aliphatic rings. The van der Waals surface area contributed by atoms with Crippen LogP contribution in [-0.4, -0.2) is 34.2 Å². The van der Waals surface area contributed by atoms with Crippen LogP contribution in [0.1, 0.15) is 24.6 Å². The van der Waals surface area contributed by atoms with E-state index in [0.717, 1.165) is 35.4 Å². The minimum Gasteiger partial charge on any atom is -0.392 e. The van der Waals surface area contributed by atoms with Crippen LogP contribution in [0.3, 0.4) is 0 Å². The lowest BCUT2D eigenvalue weighted by molar-refractivity contribution is 0.280. The normalized spacial score (nSPS) is 20.6. The van der Waals surface area contributed by atoms with Crippen molar-refractivity contribution < 1.29 is 5.11 Å². The third-order valence-electron chi connectivity index (χ3n) is 3.27. The number of nitrogens with zero attached hydrogens (tertiary/aromatic N) is 2. The number of aromatic nitrogens is 1. The summed E-state index contributed by atoms with van der Waals surface area (Å²) in [5.74, 6) is 2.24. The van der Waals surface area contributed by atoms with Gasteiger partial charge in [0.2, 0.25) is 0 Å². The molecule has 1 fully saturated rings. The Hall–Kier alpha value is -0.740. The van der Waals surface area contributed by atoms with Crippen LogP contribution in [0, 0.1) is 6.92 Å². The number of anilines is 1. The predicted molar refractivity (Wildman–Crippen MR) is 73.6 cm³/mol. The highest BCUT2D eigenvalue weighted by Gasteiger charge is 2.20. The monoisotopic (exact) mass is 252 g/mol. The second-order valence-corrected chi connectivity index (χ2v) is 5.83. The van der Waals surface area contributed by atoms with Gasteiger partial charge < -0.3 is 10.0 Å². The number of hydrogen-bond donors (Lipinski definition) is 1. The molecule has 1 aliphatic heterocycles. The molecule has 3 nitrogen and oxygen atoms in total. The molecule has 2 heterocycles. The zero-order chi connectivity index (χ0) is 12.3. The molecule has 0 radical (unpaired) electrons. The number of aliphatic hydroxyl groups is 1. The molecule has 1 N–H and O–H groups in total. The quantitative estimate of drug-likeness (QED) is 0.895. The van der Waals surface area contributed by atoms with Gasteiger partial charge in [-0.05, 0) is 25.0 Å². The second-order valence-electron chi connectivity index (χ2n) is 4.42. The van der Waals surface area contributed by atoms with Gasteiger partial charge in [-0.3, -0.25) is 0 Å². The lowest BCUT2D eigenvalue weighted by Crippen LogP contribution is -2.38. The lowest BCUT2D eigenvalue weighted by atomic mass is 10.2. The van der Waals surface area contributed by atoms with Crippen molar-refractivity contribution in [1.29, 1.82) is 0 Å². The Morgan fingerprint density at radius 1 is 1.53 bits per heavy atom. The number of pyridine rings is 1. The second kappa shape index (κ2) is 5.74. The maximum Gasteiger partial charge on any atom is 0.128 e. The molecule has 1 aromatic rings. The molecular weight excluding hydrogens is 232 g/mol. The van der Waals surface area contributed by atoms with Crippen LogP contribution >= 0.6 is 11.8 Å². The highest BCUT2D eigenvalue weighted by Crippen LogP contribution is 2.25. The molecule has 17 heavy (non-hydrogen) atoms. The largest absolute Gasteiger partial charge is 0.392 e. The van der Waals surface area contributed by atoms with Crippen molar-refractivity contribution in [2.24, 2.45) is 0 Å². The summed E-state index contributed by atoms with van der Waals surface area (Å²) in [4.78, 5) is 6.95. The Morgan fingerprint density at radius 2 is 2.35 bits per heavy atom. The minimum atomic E-state index is 0.0759. The Labute approximate surface area is 107 Å². The molecule has 0 aliphatic carbocycles. The van der Waals surface area contributed by atoms with Crippen LogP contribution in [0.15, 0.2) is 12.1 Å². The van der Waals surface area contributed by atoms with Crippen molar-refractivity contribution in [3.63, 3.8) is 0 Å². The maximum absolute atomic E-state index is 9.14. The number of aliphatic hydroxyl groups excluding tert-OH is 1. The van der Waals surface area contributed by atoms with Crippen LogP contribution in [0.5, 0.6) is 0 Å². The van der Waals surface area contributed by atoms with Crippen LogP contribution in [-0.2, 0) is 6.61 Å². The first-order valence-electron chi connectivity index (χ1n) is 6.18. The topological polar surface area (TPSA) is 36.4 Å². The molecule has 1 saturated heterocycles.